The first-order valence-electron chi connectivity index (χ1n) is 10.8. The summed E-state index contributed by atoms with van der Waals surface area (Å²) in [6, 6.07) is 17.5. The van der Waals surface area contributed by atoms with Gasteiger partial charge in [0.15, 0.2) is 0 Å². The summed E-state index contributed by atoms with van der Waals surface area (Å²) >= 11 is 0. The van der Waals surface area contributed by atoms with Crippen molar-refractivity contribution in [3.05, 3.63) is 71.3 Å². The summed E-state index contributed by atoms with van der Waals surface area (Å²) in [4.78, 5) is 36.0. The van der Waals surface area contributed by atoms with Gasteiger partial charge >= 0.3 is 12.1 Å². The summed E-state index contributed by atoms with van der Waals surface area (Å²) in [6.07, 6.45) is 2.14. The van der Waals surface area contributed by atoms with Gasteiger partial charge in [-0.15, -0.1) is 0 Å². The molecule has 0 radical (unpaired) electrons. The second-order valence-corrected chi connectivity index (χ2v) is 7.46. The van der Waals surface area contributed by atoms with Gasteiger partial charge in [-0.1, -0.05) is 48.9 Å². The number of carbonyl (C=O) groups is 3. The number of unbranched alkanes of at least 4 members (excludes halogenated alkanes) is 2. The lowest BCUT2D eigenvalue weighted by molar-refractivity contribution is -0.145. The van der Waals surface area contributed by atoms with Crippen LogP contribution in [0.25, 0.3) is 0 Å². The van der Waals surface area contributed by atoms with Gasteiger partial charge in [0.2, 0.25) is 5.91 Å². The molecular weight excluding hydrogens is 422 g/mol. The number of esters is 1. The molecule has 174 valence electrons. The molecule has 0 heterocycles. The fourth-order valence-corrected chi connectivity index (χ4v) is 3.11. The average molecular weight is 452 g/mol. The number of carbonyl (C=O) groups excluding carboxylic acids is 3. The third-order valence-corrected chi connectivity index (χ3v) is 4.91. The van der Waals surface area contributed by atoms with Crippen LogP contribution in [0.5, 0.6) is 0 Å². The van der Waals surface area contributed by atoms with Crippen LogP contribution in [0, 0.1) is 11.3 Å². The highest BCUT2D eigenvalue weighted by atomic mass is 16.5. The van der Waals surface area contributed by atoms with Crippen LogP contribution in [-0.2, 0) is 32.1 Å². The Morgan fingerprint density at radius 2 is 1.70 bits per heavy atom. The smallest absolute Gasteiger partial charge is 0.407 e. The summed E-state index contributed by atoms with van der Waals surface area (Å²) in [5.41, 5.74) is 2.26. The molecule has 0 fully saturated rings. The summed E-state index contributed by atoms with van der Waals surface area (Å²) in [5, 5.41) is 14.3. The highest BCUT2D eigenvalue weighted by Crippen LogP contribution is 2.08. The normalized spacial score (nSPS) is 11.0. The number of methoxy groups -OCH3 is 1. The molecule has 2 amide bonds. The molecule has 0 aromatic heterocycles. The van der Waals surface area contributed by atoms with Crippen LogP contribution in [-0.4, -0.2) is 37.7 Å². The number of benzene rings is 2. The topological polar surface area (TPSA) is 118 Å². The van der Waals surface area contributed by atoms with Gasteiger partial charge in [-0.25, -0.2) is 9.59 Å². The molecule has 2 rings (SSSR count). The average Bonchev–Trinajstić information content (AvgIpc) is 2.85. The molecule has 0 spiro atoms. The largest absolute Gasteiger partial charge is 0.467 e. The zero-order chi connectivity index (χ0) is 23.9. The molecule has 1 atom stereocenters. The standard InChI is InChI=1S/C25H29N3O5/c1-32-24(30)22(16-19-11-13-20(17-26)14-12-19)28-23(29)10-6-3-7-15-27-25(31)33-18-21-8-4-2-5-9-21/h2,4-5,8-9,11-14,22H,3,6-7,10,15-16,18H2,1H3,(H,27,31)(H,28,29)/t22-/m0/s1. The number of ether oxygens (including phenoxy) is 2. The highest BCUT2D eigenvalue weighted by molar-refractivity contribution is 5.84. The van der Waals surface area contributed by atoms with E-state index in [1.54, 1.807) is 24.3 Å². The molecule has 0 unspecified atom stereocenters. The maximum Gasteiger partial charge on any atom is 0.407 e. The first kappa shape index (κ1) is 25.4. The maximum absolute atomic E-state index is 12.3. The van der Waals surface area contributed by atoms with E-state index in [0.717, 1.165) is 17.5 Å². The fourth-order valence-electron chi connectivity index (χ4n) is 3.11. The van der Waals surface area contributed by atoms with Crippen molar-refractivity contribution in [3.63, 3.8) is 0 Å². The highest BCUT2D eigenvalue weighted by Gasteiger charge is 2.21. The fraction of sp³-hybridized carbons (Fsp3) is 0.360. The van der Waals surface area contributed by atoms with Crippen LogP contribution >= 0.6 is 0 Å². The second-order valence-electron chi connectivity index (χ2n) is 7.46. The minimum Gasteiger partial charge on any atom is -0.467 e. The van der Waals surface area contributed by atoms with E-state index in [0.29, 0.717) is 24.9 Å². The number of hydrogen-bond acceptors (Lipinski definition) is 6. The number of hydrogen-bond donors (Lipinski definition) is 2. The third-order valence-electron chi connectivity index (χ3n) is 4.91. The van der Waals surface area contributed by atoms with E-state index in [1.165, 1.54) is 7.11 Å². The lowest BCUT2D eigenvalue weighted by Gasteiger charge is -2.16. The van der Waals surface area contributed by atoms with Crippen LogP contribution in [0.4, 0.5) is 4.79 Å². The zero-order valence-corrected chi connectivity index (χ0v) is 18.7. The van der Waals surface area contributed by atoms with Gasteiger partial charge in [-0.05, 0) is 36.1 Å². The number of rotatable bonds is 12. The van der Waals surface area contributed by atoms with Gasteiger partial charge in [0.05, 0.1) is 18.7 Å². The molecule has 2 aromatic rings. The van der Waals surface area contributed by atoms with Gasteiger partial charge < -0.3 is 20.1 Å². The molecule has 8 nitrogen and oxygen atoms in total. The number of nitriles is 1. The summed E-state index contributed by atoms with van der Waals surface area (Å²) in [6.45, 7) is 0.676. The Morgan fingerprint density at radius 1 is 0.970 bits per heavy atom. The molecule has 0 aliphatic rings. The minimum absolute atomic E-state index is 0.219. The predicted molar refractivity (Wildman–Crippen MR) is 122 cm³/mol. The summed E-state index contributed by atoms with van der Waals surface area (Å²) < 4.78 is 9.94. The second kappa shape index (κ2) is 14.2. The summed E-state index contributed by atoms with van der Waals surface area (Å²) in [7, 11) is 1.28. The van der Waals surface area contributed by atoms with E-state index in [-0.39, 0.29) is 25.4 Å². The van der Waals surface area contributed by atoms with E-state index in [1.807, 2.05) is 36.4 Å². The van der Waals surface area contributed by atoms with Crippen LogP contribution in [0.15, 0.2) is 54.6 Å². The first-order valence-corrected chi connectivity index (χ1v) is 10.8. The number of nitrogens with zero attached hydrogens (tertiary/aromatic N) is 1. The van der Waals surface area contributed by atoms with Crippen molar-refractivity contribution in [1.82, 2.24) is 10.6 Å². The van der Waals surface area contributed by atoms with Gasteiger partial charge in [0.1, 0.15) is 12.6 Å². The van der Waals surface area contributed by atoms with E-state index < -0.39 is 18.1 Å². The van der Waals surface area contributed by atoms with Crippen molar-refractivity contribution in [2.45, 2.75) is 44.8 Å². The van der Waals surface area contributed by atoms with Crippen molar-refractivity contribution in [2.24, 2.45) is 0 Å². The number of alkyl carbamates (subject to hydrolysis) is 1. The van der Waals surface area contributed by atoms with Crippen LogP contribution in [0.1, 0.15) is 42.4 Å². The third kappa shape index (κ3) is 9.87. The molecule has 2 aromatic carbocycles. The van der Waals surface area contributed by atoms with Crippen LogP contribution < -0.4 is 10.6 Å². The maximum atomic E-state index is 12.3. The lowest BCUT2D eigenvalue weighted by Crippen LogP contribution is -2.43. The van der Waals surface area contributed by atoms with E-state index in [4.69, 9.17) is 14.7 Å². The molecule has 8 heteroatoms. The Labute approximate surface area is 193 Å². The number of amides is 2. The molecular formula is C25H29N3O5. The predicted octanol–water partition coefficient (Wildman–Crippen LogP) is 3.25. The lowest BCUT2D eigenvalue weighted by atomic mass is 10.0. The van der Waals surface area contributed by atoms with Gasteiger partial charge in [-0.2, -0.15) is 5.26 Å². The van der Waals surface area contributed by atoms with Crippen LogP contribution in [0.3, 0.4) is 0 Å². The monoisotopic (exact) mass is 451 g/mol. The zero-order valence-electron chi connectivity index (χ0n) is 18.7. The quantitative estimate of drug-likeness (QED) is 0.378. The molecule has 2 N–H and O–H groups in total. The molecule has 0 saturated heterocycles. The van der Waals surface area contributed by atoms with Crippen molar-refractivity contribution in [2.75, 3.05) is 13.7 Å². The molecule has 0 saturated carbocycles. The minimum atomic E-state index is -0.795. The molecule has 33 heavy (non-hydrogen) atoms. The Hall–Kier alpha value is -3.86. The Morgan fingerprint density at radius 3 is 2.36 bits per heavy atom. The van der Waals surface area contributed by atoms with Crippen molar-refractivity contribution < 1.29 is 23.9 Å². The van der Waals surface area contributed by atoms with E-state index in [2.05, 4.69) is 10.6 Å². The van der Waals surface area contributed by atoms with E-state index in [9.17, 15) is 14.4 Å². The first-order chi connectivity index (χ1) is 16.0. The molecule has 0 aliphatic carbocycles. The van der Waals surface area contributed by atoms with Gasteiger partial charge in [0, 0.05) is 19.4 Å². The van der Waals surface area contributed by atoms with Crippen molar-refractivity contribution >= 4 is 18.0 Å². The summed E-state index contributed by atoms with van der Waals surface area (Å²) in [5.74, 6) is -0.764. The van der Waals surface area contributed by atoms with E-state index >= 15 is 0 Å². The van der Waals surface area contributed by atoms with Gasteiger partial charge in [-0.3, -0.25) is 4.79 Å². The Kier molecular flexibility index (Phi) is 11.0. The van der Waals surface area contributed by atoms with Gasteiger partial charge in [0.25, 0.3) is 0 Å². The molecule has 0 bridgehead atoms. The van der Waals surface area contributed by atoms with Crippen LogP contribution in [0.2, 0.25) is 0 Å². The Balaban J connectivity index is 1.63. The number of nitrogens with one attached hydrogen (secondary N) is 2. The SMILES string of the molecule is COC(=O)[C@H](Cc1ccc(C#N)cc1)NC(=O)CCCCCNC(=O)OCc1ccccc1. The Bertz CT molecular complexity index is 939. The van der Waals surface area contributed by atoms with Crippen molar-refractivity contribution in [1.29, 1.82) is 5.26 Å². The molecule has 0 aliphatic heterocycles. The van der Waals surface area contributed by atoms with Crippen molar-refractivity contribution in [3.8, 4) is 6.07 Å².